The van der Waals surface area contributed by atoms with Gasteiger partial charge in [0.25, 0.3) is 0 Å². The van der Waals surface area contributed by atoms with E-state index in [-0.39, 0.29) is 5.60 Å². The molecule has 0 radical (unpaired) electrons. The number of rotatable bonds is 0. The first-order valence-electron chi connectivity index (χ1n) is 5.05. The van der Waals surface area contributed by atoms with Crippen molar-refractivity contribution >= 4 is 0 Å². The van der Waals surface area contributed by atoms with Gasteiger partial charge in [-0.1, -0.05) is 19.3 Å². The van der Waals surface area contributed by atoms with E-state index in [2.05, 4.69) is 13.8 Å². The van der Waals surface area contributed by atoms with Crippen molar-refractivity contribution in [2.75, 3.05) is 6.61 Å². The molecule has 2 aliphatic rings. The Morgan fingerprint density at radius 2 is 1.75 bits per heavy atom. The average molecular weight is 166 g/mol. The zero-order chi connectivity index (χ0) is 8.60. The Labute approximate surface area is 74.8 Å². The van der Waals surface area contributed by atoms with Crippen molar-refractivity contribution in [3.8, 4) is 0 Å². The largest absolute Gasteiger partial charge is 0.366 e. The smallest absolute Gasteiger partial charge is 0.0896 e. The van der Waals surface area contributed by atoms with Gasteiger partial charge < -0.3 is 4.74 Å². The van der Waals surface area contributed by atoms with Crippen LogP contribution >= 0.6 is 0 Å². The van der Waals surface area contributed by atoms with Crippen molar-refractivity contribution in [1.29, 1.82) is 0 Å². The Morgan fingerprint density at radius 1 is 1.08 bits per heavy atom. The summed E-state index contributed by atoms with van der Waals surface area (Å²) in [6.07, 6.45) is 6.62. The zero-order valence-corrected chi connectivity index (χ0v) is 8.15. The number of ether oxygens (including phenoxy) is 1. The molecule has 0 aromatic heterocycles. The van der Waals surface area contributed by atoms with Crippen LogP contribution in [-0.4, -0.2) is 12.2 Å². The van der Waals surface area contributed by atoms with Gasteiger partial charge in [0.15, 0.2) is 0 Å². The first-order valence-corrected chi connectivity index (χ1v) is 5.05. The van der Waals surface area contributed by atoms with Crippen LogP contribution in [0.2, 0.25) is 0 Å². The summed E-state index contributed by atoms with van der Waals surface area (Å²) < 4.78 is 5.93. The topological polar surface area (TPSA) is 9.23 Å². The Kier molecular flexibility index (Phi) is 1.99. The fourth-order valence-corrected chi connectivity index (χ4v) is 2.49. The van der Waals surface area contributed by atoms with Gasteiger partial charge in [-0.05, 0) is 37.8 Å². The van der Waals surface area contributed by atoms with E-state index < -0.39 is 0 Å². The van der Waals surface area contributed by atoms with Crippen LogP contribution in [0.1, 0.15) is 46.0 Å². The molecule has 12 heavy (non-hydrogen) atoms. The maximum Gasteiger partial charge on any atom is 0.0896 e. The summed E-state index contributed by atoms with van der Waals surface area (Å²) in [6.45, 7) is 5.35. The Morgan fingerprint density at radius 3 is 2.25 bits per heavy atom. The van der Waals surface area contributed by atoms with Crippen LogP contribution < -0.4 is 0 Å². The van der Waals surface area contributed by atoms with Gasteiger partial charge in [-0.15, -0.1) is 0 Å². The molecule has 1 heterocycles. The molecule has 0 atom stereocenters. The van der Waals surface area contributed by atoms with Gasteiger partial charge in [0.1, 0.15) is 0 Å². The SMILES string of the molecule is CC1=C(C)C2(CCCCC2)OC1. The highest BCUT2D eigenvalue weighted by Crippen LogP contribution is 2.42. The number of hydrogen-bond donors (Lipinski definition) is 0. The summed E-state index contributed by atoms with van der Waals surface area (Å²) in [6, 6.07) is 0. The van der Waals surface area contributed by atoms with Crippen molar-refractivity contribution in [2.45, 2.75) is 51.6 Å². The summed E-state index contributed by atoms with van der Waals surface area (Å²) >= 11 is 0. The van der Waals surface area contributed by atoms with E-state index in [9.17, 15) is 0 Å². The molecule has 0 saturated heterocycles. The molecule has 1 heteroatoms. The maximum atomic E-state index is 5.93. The highest BCUT2D eigenvalue weighted by Gasteiger charge is 2.39. The molecule has 1 spiro atoms. The first-order chi connectivity index (χ1) is 5.75. The molecule has 68 valence electrons. The van der Waals surface area contributed by atoms with Gasteiger partial charge in [-0.3, -0.25) is 0 Å². The lowest BCUT2D eigenvalue weighted by Gasteiger charge is -2.34. The van der Waals surface area contributed by atoms with Gasteiger partial charge >= 0.3 is 0 Å². The standard InChI is InChI=1S/C11H18O/c1-9-8-12-11(10(9)2)6-4-3-5-7-11/h3-8H2,1-2H3. The van der Waals surface area contributed by atoms with Crippen molar-refractivity contribution in [2.24, 2.45) is 0 Å². The minimum Gasteiger partial charge on any atom is -0.366 e. The summed E-state index contributed by atoms with van der Waals surface area (Å²) in [5.41, 5.74) is 3.18. The van der Waals surface area contributed by atoms with Crippen molar-refractivity contribution in [1.82, 2.24) is 0 Å². The van der Waals surface area contributed by atoms with Crippen molar-refractivity contribution in [3.63, 3.8) is 0 Å². The molecule has 1 fully saturated rings. The molecule has 0 unspecified atom stereocenters. The molecular formula is C11H18O. The van der Waals surface area contributed by atoms with Crippen LogP contribution in [0.5, 0.6) is 0 Å². The lowest BCUT2D eigenvalue weighted by molar-refractivity contribution is -0.0110. The van der Waals surface area contributed by atoms with Crippen LogP contribution in [0.3, 0.4) is 0 Å². The Bertz CT molecular complexity index is 209. The van der Waals surface area contributed by atoms with Crippen LogP contribution in [0.15, 0.2) is 11.1 Å². The molecule has 1 saturated carbocycles. The van der Waals surface area contributed by atoms with Gasteiger partial charge in [0.2, 0.25) is 0 Å². The summed E-state index contributed by atoms with van der Waals surface area (Å²) in [4.78, 5) is 0. The fraction of sp³-hybridized carbons (Fsp3) is 0.818. The second-order valence-electron chi connectivity index (χ2n) is 4.25. The molecule has 1 aliphatic heterocycles. The van der Waals surface area contributed by atoms with Crippen molar-refractivity contribution in [3.05, 3.63) is 11.1 Å². The fourth-order valence-electron chi connectivity index (χ4n) is 2.49. The highest BCUT2D eigenvalue weighted by molar-refractivity contribution is 5.26. The highest BCUT2D eigenvalue weighted by atomic mass is 16.5. The van der Waals surface area contributed by atoms with Crippen LogP contribution in [0.25, 0.3) is 0 Å². The van der Waals surface area contributed by atoms with Gasteiger partial charge in [0.05, 0.1) is 12.2 Å². The molecule has 0 N–H and O–H groups in total. The average Bonchev–Trinajstić information content (AvgIpc) is 2.37. The molecule has 0 aromatic carbocycles. The molecule has 0 bridgehead atoms. The zero-order valence-electron chi connectivity index (χ0n) is 8.15. The third-order valence-electron chi connectivity index (χ3n) is 3.55. The minimum atomic E-state index is 0.183. The van der Waals surface area contributed by atoms with E-state index in [1.807, 2.05) is 0 Å². The van der Waals surface area contributed by atoms with Crippen LogP contribution in [0.4, 0.5) is 0 Å². The summed E-state index contributed by atoms with van der Waals surface area (Å²) in [5, 5.41) is 0. The lowest BCUT2D eigenvalue weighted by Crippen LogP contribution is -2.32. The minimum absolute atomic E-state index is 0.183. The normalized spacial score (nSPS) is 28.5. The van der Waals surface area contributed by atoms with Gasteiger partial charge in [0, 0.05) is 0 Å². The van der Waals surface area contributed by atoms with Crippen molar-refractivity contribution < 1.29 is 4.74 Å². The molecular weight excluding hydrogens is 148 g/mol. The summed E-state index contributed by atoms with van der Waals surface area (Å²) in [7, 11) is 0. The predicted octanol–water partition coefficient (Wildman–Crippen LogP) is 3.06. The maximum absolute atomic E-state index is 5.93. The van der Waals surface area contributed by atoms with Gasteiger partial charge in [-0.2, -0.15) is 0 Å². The first kappa shape index (κ1) is 8.31. The third kappa shape index (κ3) is 1.11. The Hall–Kier alpha value is -0.300. The lowest BCUT2D eigenvalue weighted by atomic mass is 9.80. The van der Waals surface area contributed by atoms with Crippen LogP contribution in [-0.2, 0) is 4.74 Å². The number of hydrogen-bond acceptors (Lipinski definition) is 1. The second kappa shape index (κ2) is 2.88. The third-order valence-corrected chi connectivity index (χ3v) is 3.55. The molecule has 0 amide bonds. The quantitative estimate of drug-likeness (QED) is 0.502. The van der Waals surface area contributed by atoms with E-state index in [1.54, 1.807) is 0 Å². The van der Waals surface area contributed by atoms with E-state index in [0.717, 1.165) is 6.61 Å². The molecule has 1 nitrogen and oxygen atoms in total. The molecule has 1 aliphatic carbocycles. The van der Waals surface area contributed by atoms with E-state index in [0.29, 0.717) is 0 Å². The Balaban J connectivity index is 2.21. The van der Waals surface area contributed by atoms with E-state index in [1.165, 1.54) is 43.3 Å². The van der Waals surface area contributed by atoms with E-state index >= 15 is 0 Å². The predicted molar refractivity (Wildman–Crippen MR) is 50.1 cm³/mol. The van der Waals surface area contributed by atoms with Gasteiger partial charge in [-0.25, -0.2) is 0 Å². The van der Waals surface area contributed by atoms with E-state index in [4.69, 9.17) is 4.74 Å². The van der Waals surface area contributed by atoms with Crippen LogP contribution in [0, 0.1) is 0 Å². The second-order valence-corrected chi connectivity index (χ2v) is 4.25. The summed E-state index contributed by atoms with van der Waals surface area (Å²) in [5.74, 6) is 0. The molecule has 2 rings (SSSR count). The molecule has 0 aromatic rings. The monoisotopic (exact) mass is 166 g/mol.